The summed E-state index contributed by atoms with van der Waals surface area (Å²) >= 11 is 0. The Hall–Kier alpha value is -2.34. The fourth-order valence-corrected chi connectivity index (χ4v) is 3.25. The number of alkyl halides is 3. The Morgan fingerprint density at radius 1 is 0.962 bits per heavy atom. The number of hydrogen-bond acceptors (Lipinski definition) is 3. The van der Waals surface area contributed by atoms with Crippen molar-refractivity contribution in [3.05, 3.63) is 65.2 Å². The monoisotopic (exact) mass is 362 g/mol. The van der Waals surface area contributed by atoms with E-state index in [4.69, 9.17) is 0 Å². The van der Waals surface area contributed by atoms with Crippen LogP contribution in [0.15, 0.2) is 48.5 Å². The molecule has 1 aliphatic rings. The van der Waals surface area contributed by atoms with E-state index in [1.54, 1.807) is 12.1 Å². The normalized spacial score (nSPS) is 15.9. The highest BCUT2D eigenvalue weighted by Gasteiger charge is 2.33. The zero-order valence-electron chi connectivity index (χ0n) is 14.6. The van der Waals surface area contributed by atoms with Gasteiger partial charge >= 0.3 is 6.18 Å². The van der Waals surface area contributed by atoms with Crippen LogP contribution in [0.1, 0.15) is 28.4 Å². The fraction of sp³-hybridized carbons (Fsp3) is 0.350. The number of anilines is 1. The molecule has 0 atom stereocenters. The lowest BCUT2D eigenvalue weighted by Gasteiger charge is -2.36. The Morgan fingerprint density at radius 3 is 2.15 bits per heavy atom. The first-order valence-corrected chi connectivity index (χ1v) is 8.58. The predicted molar refractivity (Wildman–Crippen MR) is 95.4 cm³/mol. The Labute approximate surface area is 151 Å². The number of ketones is 1. The van der Waals surface area contributed by atoms with Crippen LogP contribution < -0.4 is 4.90 Å². The quantitative estimate of drug-likeness (QED) is 0.761. The molecule has 2 aromatic carbocycles. The SMILES string of the molecule is CC(=O)c1ccc(N2CCN(Cc3ccccc3C(F)(F)F)CC2)cc1. The molecule has 0 unspecified atom stereocenters. The third-order valence-corrected chi connectivity index (χ3v) is 4.73. The molecule has 2 aromatic rings. The molecule has 3 rings (SSSR count). The molecule has 138 valence electrons. The summed E-state index contributed by atoms with van der Waals surface area (Å²) in [5.74, 6) is 0.0321. The summed E-state index contributed by atoms with van der Waals surface area (Å²) < 4.78 is 39.4. The van der Waals surface area contributed by atoms with E-state index in [0.717, 1.165) is 24.8 Å². The zero-order chi connectivity index (χ0) is 18.7. The Morgan fingerprint density at radius 2 is 1.58 bits per heavy atom. The lowest BCUT2D eigenvalue weighted by molar-refractivity contribution is -0.138. The third-order valence-electron chi connectivity index (χ3n) is 4.73. The van der Waals surface area contributed by atoms with E-state index in [-0.39, 0.29) is 5.78 Å². The maximum absolute atomic E-state index is 13.1. The Bertz CT molecular complexity index is 763. The molecule has 0 radical (unpaired) electrons. The zero-order valence-corrected chi connectivity index (χ0v) is 14.6. The highest BCUT2D eigenvalue weighted by molar-refractivity contribution is 5.94. The third kappa shape index (κ3) is 4.25. The van der Waals surface area contributed by atoms with Gasteiger partial charge in [-0.2, -0.15) is 13.2 Å². The Balaban J connectivity index is 1.62. The average Bonchev–Trinajstić information content (AvgIpc) is 2.62. The van der Waals surface area contributed by atoms with Gasteiger partial charge in [0.2, 0.25) is 0 Å². The molecule has 6 heteroatoms. The molecule has 1 aliphatic heterocycles. The van der Waals surface area contributed by atoms with Gasteiger partial charge < -0.3 is 4.90 Å². The number of benzene rings is 2. The van der Waals surface area contributed by atoms with Gasteiger partial charge in [0.05, 0.1) is 5.56 Å². The van der Waals surface area contributed by atoms with E-state index in [1.807, 2.05) is 29.2 Å². The second-order valence-electron chi connectivity index (χ2n) is 6.52. The molecule has 1 saturated heterocycles. The van der Waals surface area contributed by atoms with Crippen molar-refractivity contribution in [1.82, 2.24) is 4.90 Å². The molecule has 0 saturated carbocycles. The standard InChI is InChI=1S/C20H21F3N2O/c1-15(26)16-6-8-18(9-7-16)25-12-10-24(11-13-25)14-17-4-2-3-5-19(17)20(21,22)23/h2-9H,10-14H2,1H3. The first-order valence-electron chi connectivity index (χ1n) is 8.58. The van der Waals surface area contributed by atoms with Gasteiger partial charge in [-0.3, -0.25) is 9.69 Å². The number of nitrogens with zero attached hydrogens (tertiary/aromatic N) is 2. The summed E-state index contributed by atoms with van der Waals surface area (Å²) in [7, 11) is 0. The lowest BCUT2D eigenvalue weighted by atomic mass is 10.1. The summed E-state index contributed by atoms with van der Waals surface area (Å²) in [6, 6.07) is 13.2. The van der Waals surface area contributed by atoms with E-state index >= 15 is 0 Å². The average molecular weight is 362 g/mol. The van der Waals surface area contributed by atoms with Crippen molar-refractivity contribution in [3.63, 3.8) is 0 Å². The van der Waals surface area contributed by atoms with E-state index in [1.165, 1.54) is 13.0 Å². The number of Topliss-reactive ketones (excluding diaryl/α,β-unsaturated/α-hetero) is 1. The molecule has 26 heavy (non-hydrogen) atoms. The van der Waals surface area contributed by atoms with Gasteiger partial charge in [0.25, 0.3) is 0 Å². The summed E-state index contributed by atoms with van der Waals surface area (Å²) in [6.45, 7) is 4.71. The number of piperazine rings is 1. The van der Waals surface area contributed by atoms with Crippen molar-refractivity contribution >= 4 is 11.5 Å². The molecule has 0 bridgehead atoms. The highest BCUT2D eigenvalue weighted by atomic mass is 19.4. The maximum atomic E-state index is 13.1. The van der Waals surface area contributed by atoms with Gasteiger partial charge in [-0.05, 0) is 42.8 Å². The van der Waals surface area contributed by atoms with Crippen molar-refractivity contribution in [2.24, 2.45) is 0 Å². The molecule has 0 amide bonds. The van der Waals surface area contributed by atoms with Crippen LogP contribution in [0.4, 0.5) is 18.9 Å². The van der Waals surface area contributed by atoms with Crippen LogP contribution in [-0.4, -0.2) is 36.9 Å². The topological polar surface area (TPSA) is 23.6 Å². The van der Waals surface area contributed by atoms with Crippen LogP contribution in [0.25, 0.3) is 0 Å². The fourth-order valence-electron chi connectivity index (χ4n) is 3.25. The van der Waals surface area contributed by atoms with Crippen LogP contribution in [0, 0.1) is 0 Å². The van der Waals surface area contributed by atoms with Crippen LogP contribution in [0.5, 0.6) is 0 Å². The molecule has 1 fully saturated rings. The smallest absolute Gasteiger partial charge is 0.369 e. The molecule has 1 heterocycles. The molecule has 0 aromatic heterocycles. The summed E-state index contributed by atoms with van der Waals surface area (Å²) in [5, 5.41) is 0. The number of rotatable bonds is 4. The molecule has 3 nitrogen and oxygen atoms in total. The molecule has 0 aliphatic carbocycles. The van der Waals surface area contributed by atoms with Gasteiger partial charge in [-0.25, -0.2) is 0 Å². The van der Waals surface area contributed by atoms with Crippen molar-refractivity contribution in [1.29, 1.82) is 0 Å². The van der Waals surface area contributed by atoms with Crippen LogP contribution in [-0.2, 0) is 12.7 Å². The van der Waals surface area contributed by atoms with Crippen molar-refractivity contribution < 1.29 is 18.0 Å². The van der Waals surface area contributed by atoms with Crippen LogP contribution in [0.3, 0.4) is 0 Å². The van der Waals surface area contributed by atoms with Gasteiger partial charge in [0.15, 0.2) is 5.78 Å². The van der Waals surface area contributed by atoms with Crippen LogP contribution in [0.2, 0.25) is 0 Å². The molecule has 0 spiro atoms. The van der Waals surface area contributed by atoms with Crippen molar-refractivity contribution in [2.75, 3.05) is 31.1 Å². The van der Waals surface area contributed by atoms with E-state index < -0.39 is 11.7 Å². The maximum Gasteiger partial charge on any atom is 0.416 e. The summed E-state index contributed by atoms with van der Waals surface area (Å²) in [6.07, 6.45) is -4.32. The number of carbonyl (C=O) groups excluding carboxylic acids is 1. The number of carbonyl (C=O) groups is 1. The van der Waals surface area contributed by atoms with E-state index in [0.29, 0.717) is 30.8 Å². The minimum absolute atomic E-state index is 0.0321. The van der Waals surface area contributed by atoms with Gasteiger partial charge in [-0.1, -0.05) is 18.2 Å². The molecular formula is C20H21F3N2O. The van der Waals surface area contributed by atoms with E-state index in [9.17, 15) is 18.0 Å². The van der Waals surface area contributed by atoms with Crippen molar-refractivity contribution in [3.8, 4) is 0 Å². The largest absolute Gasteiger partial charge is 0.416 e. The highest BCUT2D eigenvalue weighted by Crippen LogP contribution is 2.32. The van der Waals surface area contributed by atoms with Gasteiger partial charge in [0, 0.05) is 44.0 Å². The van der Waals surface area contributed by atoms with Gasteiger partial charge in [-0.15, -0.1) is 0 Å². The minimum atomic E-state index is -4.32. The summed E-state index contributed by atoms with van der Waals surface area (Å²) in [5.41, 5.74) is 1.47. The number of hydrogen-bond donors (Lipinski definition) is 0. The van der Waals surface area contributed by atoms with E-state index in [2.05, 4.69) is 4.90 Å². The second kappa shape index (κ2) is 7.50. The first kappa shape index (κ1) is 18.5. The predicted octanol–water partition coefficient (Wildman–Crippen LogP) is 4.23. The second-order valence-corrected chi connectivity index (χ2v) is 6.52. The molecule has 0 N–H and O–H groups in total. The van der Waals surface area contributed by atoms with Crippen molar-refractivity contribution in [2.45, 2.75) is 19.6 Å². The first-order chi connectivity index (χ1) is 12.3. The minimum Gasteiger partial charge on any atom is -0.369 e. The summed E-state index contributed by atoms with van der Waals surface area (Å²) in [4.78, 5) is 15.6. The Kier molecular flexibility index (Phi) is 5.32. The number of halogens is 3. The van der Waals surface area contributed by atoms with Crippen LogP contribution >= 0.6 is 0 Å². The molecular weight excluding hydrogens is 341 g/mol. The lowest BCUT2D eigenvalue weighted by Crippen LogP contribution is -2.46. The van der Waals surface area contributed by atoms with Gasteiger partial charge in [0.1, 0.15) is 0 Å².